The zero-order valence-electron chi connectivity index (χ0n) is 19.0. The summed E-state index contributed by atoms with van der Waals surface area (Å²) in [6, 6.07) is 1.53. The Bertz CT molecular complexity index is 702. The zero-order chi connectivity index (χ0) is 23.8. The van der Waals surface area contributed by atoms with Gasteiger partial charge in [-0.2, -0.15) is 0 Å². The van der Waals surface area contributed by atoms with Crippen molar-refractivity contribution in [3.63, 3.8) is 0 Å². The molecule has 0 fully saturated rings. The van der Waals surface area contributed by atoms with E-state index in [1.165, 1.54) is 19.5 Å². The molecule has 0 amide bonds. The standard InChI is InChI=1S/C8H12N2O.C8H14O3.C2H4O2.CH4N2.H2P/c1-8(2,3)6-4-7(11)10-5-9-6;1-8(2,3)6(9)5-7(10)11-4;1-2(3)4;2-1-3;/h4-5H,1-3H3,(H,9,10,11);5H2,1-4H3;1H3,(H,3,4);1H,(H3,2,3);1H2/q;;;;-1. The van der Waals surface area contributed by atoms with Gasteiger partial charge in [0.15, 0.2) is 0 Å². The fourth-order valence-corrected chi connectivity index (χ4v) is 1.25. The van der Waals surface area contributed by atoms with Crippen molar-refractivity contribution in [2.45, 2.75) is 60.3 Å². The monoisotopic (exact) mass is 447 g/mol. The Morgan fingerprint density at radius 2 is 1.63 bits per heavy atom. The van der Waals surface area contributed by atoms with Crippen LogP contribution in [0.3, 0.4) is 0 Å². The number of Topliss-reactive ketones (excluding diaryl/α,β-unsaturated/α-hetero) is 1. The number of ether oxygens (including phenoxy) is 1. The van der Waals surface area contributed by atoms with Gasteiger partial charge >= 0.3 is 5.97 Å². The number of carbonyl (C=O) groups excluding carboxylic acids is 2. The number of carboxylic acids is 1. The van der Waals surface area contributed by atoms with Crippen LogP contribution in [-0.2, 0) is 24.5 Å². The van der Waals surface area contributed by atoms with E-state index in [-0.39, 0.29) is 33.1 Å². The van der Waals surface area contributed by atoms with E-state index in [4.69, 9.17) is 15.3 Å². The number of hydrogen-bond donors (Lipinski definition) is 4. The number of nitrogens with two attached hydrogens (primary N) is 1. The lowest BCUT2D eigenvalue weighted by molar-refractivity contribution is -0.145. The van der Waals surface area contributed by atoms with E-state index in [2.05, 4.69) is 20.4 Å². The third-order valence-corrected chi connectivity index (χ3v) is 2.82. The lowest BCUT2D eigenvalue weighted by Crippen LogP contribution is -2.23. The highest BCUT2D eigenvalue weighted by atomic mass is 31.0. The van der Waals surface area contributed by atoms with Gasteiger partial charge < -0.3 is 30.5 Å². The predicted octanol–water partition coefficient (Wildman–Crippen LogP) is 2.20. The average Bonchev–Trinajstić information content (AvgIpc) is 2.54. The molecule has 30 heavy (non-hydrogen) atoms. The van der Waals surface area contributed by atoms with E-state index >= 15 is 0 Å². The van der Waals surface area contributed by atoms with Gasteiger partial charge in [-0.3, -0.25) is 24.6 Å². The Labute approximate surface area is 181 Å². The molecule has 0 aliphatic heterocycles. The SMILES string of the molecule is CC(=O)O.CC(C)(C)c1cc(=O)[nH]cn1.COC(=O)CC(=O)C(C)(C)C.N=CN.[PH2-]. The van der Waals surface area contributed by atoms with Crippen molar-refractivity contribution >= 4 is 34.0 Å². The van der Waals surface area contributed by atoms with Gasteiger partial charge in [0.2, 0.25) is 0 Å². The lowest BCUT2D eigenvalue weighted by Gasteiger charge is -2.15. The number of rotatable bonds is 2. The highest BCUT2D eigenvalue weighted by Crippen LogP contribution is 2.17. The molecular formula is C19H36N4O6P-. The number of methoxy groups -OCH3 is 1. The molecule has 174 valence electrons. The second-order valence-corrected chi connectivity index (χ2v) is 7.66. The topological polar surface area (TPSA) is 176 Å². The number of hydrogen-bond acceptors (Lipinski definition) is 7. The Morgan fingerprint density at radius 1 is 1.23 bits per heavy atom. The summed E-state index contributed by atoms with van der Waals surface area (Å²) in [6.45, 7) is 12.5. The molecule has 5 N–H and O–H groups in total. The van der Waals surface area contributed by atoms with Crippen molar-refractivity contribution in [3.05, 3.63) is 28.4 Å². The second kappa shape index (κ2) is 17.3. The molecule has 0 bridgehead atoms. The van der Waals surface area contributed by atoms with E-state index in [1.54, 1.807) is 20.8 Å². The van der Waals surface area contributed by atoms with Gasteiger partial charge in [-0.15, -0.1) is 0 Å². The first-order valence-corrected chi connectivity index (χ1v) is 8.58. The van der Waals surface area contributed by atoms with Crippen molar-refractivity contribution < 1.29 is 24.2 Å². The Kier molecular flexibility index (Phi) is 20.1. The number of aromatic amines is 1. The lowest BCUT2D eigenvalue weighted by atomic mass is 9.89. The first-order valence-electron chi connectivity index (χ1n) is 8.58. The molecule has 0 aliphatic carbocycles. The van der Waals surface area contributed by atoms with Crippen LogP contribution in [0.2, 0.25) is 0 Å². The molecule has 1 aromatic heterocycles. The average molecular weight is 447 g/mol. The van der Waals surface area contributed by atoms with Crippen LogP contribution in [0, 0.1) is 10.8 Å². The number of carbonyl (C=O) groups is 3. The summed E-state index contributed by atoms with van der Waals surface area (Å²) in [5.41, 5.74) is 4.62. The summed E-state index contributed by atoms with van der Waals surface area (Å²) in [6.07, 6.45) is 2.06. The van der Waals surface area contributed by atoms with Crippen LogP contribution in [0.15, 0.2) is 17.2 Å². The third-order valence-electron chi connectivity index (χ3n) is 2.82. The summed E-state index contributed by atoms with van der Waals surface area (Å²) in [4.78, 5) is 48.1. The van der Waals surface area contributed by atoms with E-state index < -0.39 is 17.4 Å². The predicted molar refractivity (Wildman–Crippen MR) is 121 cm³/mol. The van der Waals surface area contributed by atoms with Gasteiger partial charge in [-0.1, -0.05) is 41.5 Å². The van der Waals surface area contributed by atoms with Crippen molar-refractivity contribution in [1.82, 2.24) is 9.97 Å². The highest BCUT2D eigenvalue weighted by molar-refractivity contribution is 6.92. The quantitative estimate of drug-likeness (QED) is 0.175. The van der Waals surface area contributed by atoms with Gasteiger partial charge in [0, 0.05) is 23.8 Å². The summed E-state index contributed by atoms with van der Waals surface area (Å²) in [5.74, 6) is -1.39. The van der Waals surface area contributed by atoms with Gasteiger partial charge in [-0.05, 0) is 0 Å². The smallest absolute Gasteiger partial charge is 0.313 e. The molecule has 0 saturated heterocycles. The Hall–Kier alpha value is -2.61. The summed E-state index contributed by atoms with van der Waals surface area (Å²) >= 11 is 0. The van der Waals surface area contributed by atoms with E-state index in [0.29, 0.717) is 0 Å². The Morgan fingerprint density at radius 3 is 1.87 bits per heavy atom. The van der Waals surface area contributed by atoms with E-state index in [0.717, 1.165) is 19.0 Å². The summed E-state index contributed by atoms with van der Waals surface area (Å²) in [5, 5.41) is 13.3. The van der Waals surface area contributed by atoms with Crippen LogP contribution in [0.5, 0.6) is 0 Å². The maximum absolute atomic E-state index is 11.1. The van der Waals surface area contributed by atoms with Gasteiger partial charge in [0.05, 0.1) is 25.5 Å². The van der Waals surface area contributed by atoms with Crippen molar-refractivity contribution in [1.29, 1.82) is 5.41 Å². The van der Waals surface area contributed by atoms with Gasteiger partial charge in [0.1, 0.15) is 12.2 Å². The molecule has 1 rings (SSSR count). The fourth-order valence-electron chi connectivity index (χ4n) is 1.25. The first-order chi connectivity index (χ1) is 13.0. The molecule has 0 unspecified atom stereocenters. The molecule has 0 saturated carbocycles. The molecule has 0 aromatic carbocycles. The molecule has 0 radical (unpaired) electrons. The van der Waals surface area contributed by atoms with Crippen LogP contribution in [0.1, 0.15) is 60.6 Å². The second-order valence-electron chi connectivity index (χ2n) is 7.66. The molecule has 0 spiro atoms. The van der Waals surface area contributed by atoms with Crippen molar-refractivity contribution in [2.24, 2.45) is 11.1 Å². The number of nitrogens with one attached hydrogen (secondary N) is 2. The molecule has 1 aromatic rings. The molecule has 10 nitrogen and oxygen atoms in total. The number of aliphatic carboxylic acids is 1. The minimum atomic E-state index is -0.833. The van der Waals surface area contributed by atoms with Crippen LogP contribution in [0.25, 0.3) is 0 Å². The van der Waals surface area contributed by atoms with Crippen molar-refractivity contribution in [3.8, 4) is 0 Å². The van der Waals surface area contributed by atoms with Crippen LogP contribution in [-0.4, -0.2) is 46.2 Å². The number of nitrogens with zero attached hydrogens (tertiary/aromatic N) is 1. The fraction of sp³-hybridized carbons (Fsp3) is 0.579. The minimum Gasteiger partial charge on any atom is -0.577 e. The molecular weight excluding hydrogens is 411 g/mol. The number of esters is 1. The molecule has 1 heterocycles. The minimum absolute atomic E-state index is 0. The van der Waals surface area contributed by atoms with E-state index in [1.807, 2.05) is 20.8 Å². The number of H-pyrrole nitrogens is 1. The number of aromatic nitrogens is 2. The first kappa shape index (κ1) is 34.9. The number of carboxylic acid groups (broad SMARTS) is 1. The molecule has 0 aliphatic rings. The third kappa shape index (κ3) is 23.4. The summed E-state index contributed by atoms with van der Waals surface area (Å²) < 4.78 is 4.36. The van der Waals surface area contributed by atoms with E-state index in [9.17, 15) is 14.4 Å². The van der Waals surface area contributed by atoms with Crippen molar-refractivity contribution in [2.75, 3.05) is 7.11 Å². The maximum atomic E-state index is 11.1. The van der Waals surface area contributed by atoms with Gasteiger partial charge in [-0.25, -0.2) is 4.98 Å². The normalized spacial score (nSPS) is 9.47. The largest absolute Gasteiger partial charge is 0.577 e. The van der Waals surface area contributed by atoms with Crippen LogP contribution in [0.4, 0.5) is 0 Å². The zero-order valence-corrected chi connectivity index (χ0v) is 20.2. The van der Waals surface area contributed by atoms with Crippen LogP contribution >= 0.6 is 9.90 Å². The number of ketones is 1. The maximum Gasteiger partial charge on any atom is 0.313 e. The molecule has 11 heteroatoms. The summed E-state index contributed by atoms with van der Waals surface area (Å²) in [7, 11) is 1.28. The highest BCUT2D eigenvalue weighted by Gasteiger charge is 2.23. The van der Waals surface area contributed by atoms with Crippen LogP contribution < -0.4 is 11.3 Å². The molecule has 0 atom stereocenters. The van der Waals surface area contributed by atoms with Gasteiger partial charge in [0.25, 0.3) is 11.5 Å². The Balaban J connectivity index is -0.000000168.